The Morgan fingerprint density at radius 2 is 1.76 bits per heavy atom. The van der Waals surface area contributed by atoms with Gasteiger partial charge in [0.25, 0.3) is 22.9 Å². The molecule has 1 atom stereocenters. The molecule has 9 nitrogen and oxygen atoms in total. The molecule has 0 aliphatic carbocycles. The summed E-state index contributed by atoms with van der Waals surface area (Å²) in [4.78, 5) is 52.7. The summed E-state index contributed by atoms with van der Waals surface area (Å²) in [6.45, 7) is 1.76. The highest BCUT2D eigenvalue weighted by molar-refractivity contribution is 6.09. The standard InChI is InChI=1S/C22H17F3N4O5/c1-11-6-8-13(9-7-11)29-16-15(18(31)27-20(29)33)21(19(32)26-16,22(23,24)25)28-17(30)12-4-3-5-14(10-12)34-2/h3-10H,1-2H3,(H,26,32)(H,28,30)(H,27,31,33)/t21-/m1/s1. The lowest BCUT2D eigenvalue weighted by molar-refractivity contribution is -0.196. The number of benzene rings is 2. The van der Waals surface area contributed by atoms with E-state index >= 15 is 0 Å². The van der Waals surface area contributed by atoms with Crippen LogP contribution in [0.5, 0.6) is 5.75 Å². The van der Waals surface area contributed by atoms with Crippen LogP contribution in [0.4, 0.5) is 19.0 Å². The fraction of sp³-hybridized carbons (Fsp3) is 0.182. The Bertz CT molecular complexity index is 1430. The summed E-state index contributed by atoms with van der Waals surface area (Å²) < 4.78 is 49.2. The molecule has 3 aromatic rings. The maximum Gasteiger partial charge on any atom is 0.425 e. The lowest BCUT2D eigenvalue weighted by Gasteiger charge is -2.30. The fourth-order valence-corrected chi connectivity index (χ4v) is 3.73. The van der Waals surface area contributed by atoms with Gasteiger partial charge in [-0.1, -0.05) is 23.8 Å². The number of alkyl halides is 3. The number of nitrogens with zero attached hydrogens (tertiary/aromatic N) is 1. The van der Waals surface area contributed by atoms with Crippen molar-refractivity contribution in [3.8, 4) is 11.4 Å². The van der Waals surface area contributed by atoms with Gasteiger partial charge in [0.05, 0.1) is 12.8 Å². The lowest BCUT2D eigenvalue weighted by atomic mass is 9.91. The number of hydrogen-bond acceptors (Lipinski definition) is 5. The first-order valence-electron chi connectivity index (χ1n) is 9.81. The number of fused-ring (bicyclic) bond motifs is 1. The van der Waals surface area contributed by atoms with E-state index in [2.05, 4.69) is 0 Å². The van der Waals surface area contributed by atoms with E-state index in [0.717, 1.165) is 10.1 Å². The fourth-order valence-electron chi connectivity index (χ4n) is 3.73. The van der Waals surface area contributed by atoms with Gasteiger partial charge < -0.3 is 15.4 Å². The van der Waals surface area contributed by atoms with Gasteiger partial charge in [-0.15, -0.1) is 0 Å². The molecule has 0 radical (unpaired) electrons. The van der Waals surface area contributed by atoms with Gasteiger partial charge in [0, 0.05) is 5.56 Å². The normalized spacial score (nSPS) is 17.1. The average Bonchev–Trinajstić information content (AvgIpc) is 3.08. The van der Waals surface area contributed by atoms with Crippen LogP contribution < -0.4 is 26.6 Å². The molecule has 0 spiro atoms. The zero-order valence-electron chi connectivity index (χ0n) is 17.7. The average molecular weight is 474 g/mol. The van der Waals surface area contributed by atoms with Gasteiger partial charge in [-0.25, -0.2) is 9.36 Å². The highest BCUT2D eigenvalue weighted by atomic mass is 19.4. The van der Waals surface area contributed by atoms with Crippen molar-refractivity contribution in [2.45, 2.75) is 18.6 Å². The third-order valence-electron chi connectivity index (χ3n) is 5.41. The van der Waals surface area contributed by atoms with Crippen LogP contribution in [-0.4, -0.2) is 34.7 Å². The summed E-state index contributed by atoms with van der Waals surface area (Å²) in [7, 11) is 1.30. The molecule has 1 aliphatic rings. The molecule has 2 amide bonds. The summed E-state index contributed by atoms with van der Waals surface area (Å²) in [5, 5.41) is 3.67. The molecule has 0 saturated heterocycles. The van der Waals surface area contributed by atoms with Crippen molar-refractivity contribution in [3.63, 3.8) is 0 Å². The van der Waals surface area contributed by atoms with E-state index < -0.39 is 46.2 Å². The number of amides is 2. The Labute approximate surface area is 189 Å². The van der Waals surface area contributed by atoms with E-state index in [1.165, 1.54) is 43.5 Å². The summed E-state index contributed by atoms with van der Waals surface area (Å²) in [5.74, 6) is -3.52. The molecule has 1 aliphatic heterocycles. The quantitative estimate of drug-likeness (QED) is 0.534. The molecule has 176 valence electrons. The number of nitrogens with one attached hydrogen (secondary N) is 3. The number of anilines is 1. The van der Waals surface area contributed by atoms with Crippen molar-refractivity contribution in [2.75, 3.05) is 12.4 Å². The molecule has 0 unspecified atom stereocenters. The molecule has 1 aromatic heterocycles. The molecule has 34 heavy (non-hydrogen) atoms. The molecule has 0 fully saturated rings. The maximum absolute atomic E-state index is 14.5. The molecule has 2 aromatic carbocycles. The van der Waals surface area contributed by atoms with Crippen molar-refractivity contribution in [3.05, 3.63) is 86.1 Å². The number of H-pyrrole nitrogens is 1. The van der Waals surface area contributed by atoms with Crippen molar-refractivity contribution in [1.29, 1.82) is 0 Å². The number of ether oxygens (including phenoxy) is 1. The van der Waals surface area contributed by atoms with E-state index in [1.54, 1.807) is 24.4 Å². The number of aromatic amines is 1. The summed E-state index contributed by atoms with van der Waals surface area (Å²) in [6.07, 6.45) is -5.45. The van der Waals surface area contributed by atoms with Crippen molar-refractivity contribution < 1.29 is 27.5 Å². The third-order valence-corrected chi connectivity index (χ3v) is 5.41. The first kappa shape index (κ1) is 22.8. The Morgan fingerprint density at radius 3 is 2.38 bits per heavy atom. The predicted molar refractivity (Wildman–Crippen MR) is 114 cm³/mol. The van der Waals surface area contributed by atoms with Gasteiger partial charge in [0.15, 0.2) is 0 Å². The number of halogens is 3. The van der Waals surface area contributed by atoms with Crippen LogP contribution in [0.25, 0.3) is 5.69 Å². The monoisotopic (exact) mass is 474 g/mol. The minimum Gasteiger partial charge on any atom is -0.497 e. The predicted octanol–water partition coefficient (Wildman–Crippen LogP) is 1.98. The number of rotatable bonds is 4. The Balaban J connectivity index is 1.95. The molecule has 0 bridgehead atoms. The SMILES string of the molecule is COc1cccc(C(=O)N[C@@]2(C(F)(F)F)C(=O)Nc3c2c(=O)[nH]c(=O)n3-c2ccc(C)cc2)c1. The van der Waals surface area contributed by atoms with Gasteiger partial charge in [0.1, 0.15) is 17.1 Å². The lowest BCUT2D eigenvalue weighted by Crippen LogP contribution is -2.62. The van der Waals surface area contributed by atoms with Crippen LogP contribution in [0.2, 0.25) is 0 Å². The second-order valence-corrected chi connectivity index (χ2v) is 7.54. The van der Waals surface area contributed by atoms with Crippen LogP contribution in [0, 0.1) is 6.92 Å². The second kappa shape index (κ2) is 7.90. The highest BCUT2D eigenvalue weighted by Gasteiger charge is 2.68. The van der Waals surface area contributed by atoms with Gasteiger partial charge in [-0.05, 0) is 37.3 Å². The highest BCUT2D eigenvalue weighted by Crippen LogP contribution is 2.45. The molecule has 2 heterocycles. The summed E-state index contributed by atoms with van der Waals surface area (Å²) in [5.41, 5.74) is -6.78. The van der Waals surface area contributed by atoms with E-state index in [4.69, 9.17) is 4.74 Å². The molecular formula is C22H17F3N4O5. The molecule has 0 saturated carbocycles. The number of aromatic nitrogens is 2. The van der Waals surface area contributed by atoms with Crippen LogP contribution in [-0.2, 0) is 10.3 Å². The number of aryl methyl sites for hydroxylation is 1. The van der Waals surface area contributed by atoms with E-state index in [-0.39, 0.29) is 17.0 Å². The maximum atomic E-state index is 14.5. The van der Waals surface area contributed by atoms with Crippen LogP contribution in [0.1, 0.15) is 21.5 Å². The molecule has 12 heteroatoms. The Kier molecular flexibility index (Phi) is 5.31. The van der Waals surface area contributed by atoms with Crippen molar-refractivity contribution in [2.24, 2.45) is 0 Å². The third kappa shape index (κ3) is 3.43. The topological polar surface area (TPSA) is 122 Å². The minimum absolute atomic E-state index is 0.0977. The number of methoxy groups -OCH3 is 1. The first-order chi connectivity index (χ1) is 16.0. The Hall–Kier alpha value is -4.35. The molecular weight excluding hydrogens is 457 g/mol. The van der Waals surface area contributed by atoms with Gasteiger partial charge in [-0.3, -0.25) is 19.4 Å². The van der Waals surface area contributed by atoms with Crippen LogP contribution in [0.15, 0.2) is 58.1 Å². The second-order valence-electron chi connectivity index (χ2n) is 7.54. The summed E-state index contributed by atoms with van der Waals surface area (Å²) in [6, 6.07) is 11.3. The number of carbonyl (C=O) groups excluding carboxylic acids is 2. The molecule has 4 rings (SSSR count). The van der Waals surface area contributed by atoms with E-state index in [9.17, 15) is 32.3 Å². The smallest absolute Gasteiger partial charge is 0.425 e. The van der Waals surface area contributed by atoms with Gasteiger partial charge in [0.2, 0.25) is 0 Å². The zero-order chi connectivity index (χ0) is 24.8. The molecule has 3 N–H and O–H groups in total. The van der Waals surface area contributed by atoms with Crippen LogP contribution in [0.3, 0.4) is 0 Å². The van der Waals surface area contributed by atoms with Crippen molar-refractivity contribution >= 4 is 17.6 Å². The largest absolute Gasteiger partial charge is 0.497 e. The first-order valence-corrected chi connectivity index (χ1v) is 9.81. The minimum atomic E-state index is -5.45. The van der Waals surface area contributed by atoms with Gasteiger partial charge in [-0.2, -0.15) is 13.2 Å². The number of hydrogen-bond donors (Lipinski definition) is 3. The van der Waals surface area contributed by atoms with Gasteiger partial charge >= 0.3 is 11.9 Å². The Morgan fingerprint density at radius 1 is 1.09 bits per heavy atom. The summed E-state index contributed by atoms with van der Waals surface area (Å²) >= 11 is 0. The van der Waals surface area contributed by atoms with E-state index in [0.29, 0.717) is 0 Å². The van der Waals surface area contributed by atoms with Crippen molar-refractivity contribution in [1.82, 2.24) is 14.9 Å². The number of carbonyl (C=O) groups is 2. The zero-order valence-corrected chi connectivity index (χ0v) is 17.7. The van der Waals surface area contributed by atoms with E-state index in [1.807, 2.05) is 10.3 Å². The van der Waals surface area contributed by atoms with Crippen LogP contribution >= 0.6 is 0 Å².